The van der Waals surface area contributed by atoms with E-state index in [4.69, 9.17) is 4.84 Å². The molecule has 1 rings (SSSR count). The Morgan fingerprint density at radius 2 is 2.13 bits per heavy atom. The molecule has 0 atom stereocenters. The fraction of sp³-hybridized carbons (Fsp3) is 0.667. The van der Waals surface area contributed by atoms with Crippen LogP contribution in [0.1, 0.15) is 20.8 Å². The highest BCUT2D eigenvalue weighted by Gasteiger charge is 2.29. The highest BCUT2D eigenvalue weighted by atomic mass is 32.2. The summed E-state index contributed by atoms with van der Waals surface area (Å²) >= 11 is 1.48. The first kappa shape index (κ1) is 12.0. The molecule has 0 radical (unpaired) electrons. The number of thioether (sulfide) groups is 1. The van der Waals surface area contributed by atoms with Gasteiger partial charge >= 0.3 is 6.09 Å². The van der Waals surface area contributed by atoms with Gasteiger partial charge in [-0.05, 0) is 20.8 Å². The van der Waals surface area contributed by atoms with Crippen LogP contribution in [0.25, 0.3) is 0 Å². The second-order valence-electron chi connectivity index (χ2n) is 3.89. The van der Waals surface area contributed by atoms with Crippen LogP contribution in [0.15, 0.2) is 10.1 Å². The molecule has 5 nitrogen and oxygen atoms in total. The van der Waals surface area contributed by atoms with Crippen LogP contribution in [0.3, 0.4) is 0 Å². The van der Waals surface area contributed by atoms with E-state index in [1.807, 2.05) is 20.8 Å². The van der Waals surface area contributed by atoms with Gasteiger partial charge in [0.25, 0.3) is 0 Å². The van der Waals surface area contributed by atoms with Crippen LogP contribution >= 0.6 is 11.8 Å². The van der Waals surface area contributed by atoms with Gasteiger partial charge in [-0.15, -0.1) is 0 Å². The Balaban J connectivity index is 2.65. The average molecular weight is 229 g/mol. The Morgan fingerprint density at radius 3 is 2.53 bits per heavy atom. The van der Waals surface area contributed by atoms with Gasteiger partial charge < -0.3 is 4.90 Å². The van der Waals surface area contributed by atoms with Gasteiger partial charge in [0, 0.05) is 14.1 Å². The van der Waals surface area contributed by atoms with E-state index in [9.17, 15) is 4.79 Å². The minimum atomic E-state index is -0.486. The number of oxime groups is 1. The fourth-order valence-electron chi connectivity index (χ4n) is 1.03. The molecule has 0 unspecified atom stereocenters. The standard InChI is InChI=1S/C9H15N3O2S/c1-6-7(15-9(2,3)10-6)11-14-8(13)12(4)5/h1-5H3. The van der Waals surface area contributed by atoms with E-state index < -0.39 is 6.09 Å². The van der Waals surface area contributed by atoms with Crippen molar-refractivity contribution < 1.29 is 9.63 Å². The van der Waals surface area contributed by atoms with E-state index in [1.165, 1.54) is 16.7 Å². The number of aliphatic imine (C=N–C) groups is 1. The van der Waals surface area contributed by atoms with E-state index in [-0.39, 0.29) is 4.87 Å². The van der Waals surface area contributed by atoms with Crippen LogP contribution in [0.2, 0.25) is 0 Å². The van der Waals surface area contributed by atoms with Crippen LogP contribution in [-0.4, -0.2) is 40.7 Å². The summed E-state index contributed by atoms with van der Waals surface area (Å²) in [7, 11) is 3.21. The third-order valence-corrected chi connectivity index (χ3v) is 2.82. The number of rotatable bonds is 1. The highest BCUT2D eigenvalue weighted by Crippen LogP contribution is 2.33. The maximum Gasteiger partial charge on any atom is 0.435 e. The van der Waals surface area contributed by atoms with Crippen molar-refractivity contribution in [3.8, 4) is 0 Å². The molecule has 1 amide bonds. The van der Waals surface area contributed by atoms with Crippen LogP contribution in [0.4, 0.5) is 4.79 Å². The van der Waals surface area contributed by atoms with E-state index in [0.717, 1.165) is 5.71 Å². The van der Waals surface area contributed by atoms with Crippen molar-refractivity contribution in [1.29, 1.82) is 0 Å². The van der Waals surface area contributed by atoms with Crippen molar-refractivity contribution in [3.63, 3.8) is 0 Å². The Kier molecular flexibility index (Phi) is 3.38. The van der Waals surface area contributed by atoms with Gasteiger partial charge in [-0.3, -0.25) is 9.83 Å². The van der Waals surface area contributed by atoms with Gasteiger partial charge in [0.15, 0.2) is 5.04 Å². The third-order valence-electron chi connectivity index (χ3n) is 1.66. The zero-order valence-electron chi connectivity index (χ0n) is 9.57. The summed E-state index contributed by atoms with van der Waals surface area (Å²) in [6.07, 6.45) is -0.486. The summed E-state index contributed by atoms with van der Waals surface area (Å²) in [6.45, 7) is 5.82. The molecule has 1 heterocycles. The molecule has 0 fully saturated rings. The predicted octanol–water partition coefficient (Wildman–Crippen LogP) is 1.94. The molecule has 0 aliphatic carbocycles. The van der Waals surface area contributed by atoms with Crippen molar-refractivity contribution in [3.05, 3.63) is 0 Å². The molecule has 0 bridgehead atoms. The smallest absolute Gasteiger partial charge is 0.312 e. The van der Waals surface area contributed by atoms with Crippen molar-refractivity contribution in [2.45, 2.75) is 25.6 Å². The Bertz CT molecular complexity index is 334. The summed E-state index contributed by atoms with van der Waals surface area (Å²) < 4.78 is 0. The summed E-state index contributed by atoms with van der Waals surface area (Å²) in [5, 5.41) is 4.44. The van der Waals surface area contributed by atoms with Gasteiger partial charge in [-0.1, -0.05) is 16.9 Å². The average Bonchev–Trinajstić information content (AvgIpc) is 2.35. The molecule has 0 N–H and O–H groups in total. The molecule has 0 saturated heterocycles. The number of hydrogen-bond donors (Lipinski definition) is 0. The SMILES string of the molecule is CC1=NC(C)(C)SC1=NOC(=O)N(C)C. The van der Waals surface area contributed by atoms with Crippen molar-refractivity contribution in [2.75, 3.05) is 14.1 Å². The minimum Gasteiger partial charge on any atom is -0.312 e. The predicted molar refractivity (Wildman–Crippen MR) is 62.4 cm³/mol. The number of amides is 1. The van der Waals surface area contributed by atoms with E-state index in [1.54, 1.807) is 14.1 Å². The topological polar surface area (TPSA) is 54.3 Å². The van der Waals surface area contributed by atoms with Gasteiger partial charge in [0.05, 0.1) is 5.71 Å². The van der Waals surface area contributed by atoms with E-state index in [0.29, 0.717) is 5.04 Å². The van der Waals surface area contributed by atoms with Gasteiger partial charge in [-0.2, -0.15) is 0 Å². The minimum absolute atomic E-state index is 0.215. The molecule has 0 aromatic rings. The van der Waals surface area contributed by atoms with Crippen LogP contribution in [-0.2, 0) is 4.84 Å². The summed E-state index contributed by atoms with van der Waals surface area (Å²) in [6, 6.07) is 0. The molecule has 0 saturated carbocycles. The number of carbonyl (C=O) groups is 1. The van der Waals surface area contributed by atoms with E-state index in [2.05, 4.69) is 10.1 Å². The van der Waals surface area contributed by atoms with Gasteiger partial charge in [-0.25, -0.2) is 4.79 Å². The highest BCUT2D eigenvalue weighted by molar-refractivity contribution is 8.17. The Hall–Kier alpha value is -1.04. The lowest BCUT2D eigenvalue weighted by Gasteiger charge is -2.10. The van der Waals surface area contributed by atoms with Gasteiger partial charge in [0.2, 0.25) is 0 Å². The molecule has 6 heteroatoms. The largest absolute Gasteiger partial charge is 0.435 e. The third kappa shape index (κ3) is 3.23. The summed E-state index contributed by atoms with van der Waals surface area (Å²) in [4.78, 5) is 21.3. The first-order valence-corrected chi connectivity index (χ1v) is 5.35. The quantitative estimate of drug-likeness (QED) is 0.510. The number of carbonyl (C=O) groups excluding carboxylic acids is 1. The Labute approximate surface area is 93.6 Å². The lowest BCUT2D eigenvalue weighted by atomic mass is 10.4. The summed E-state index contributed by atoms with van der Waals surface area (Å²) in [5.74, 6) is 0. The molecule has 1 aliphatic rings. The van der Waals surface area contributed by atoms with Crippen LogP contribution in [0.5, 0.6) is 0 Å². The first-order chi connectivity index (χ1) is 6.82. The molecule has 84 valence electrons. The molecule has 0 aromatic carbocycles. The molecule has 15 heavy (non-hydrogen) atoms. The summed E-state index contributed by atoms with van der Waals surface area (Å²) in [5.41, 5.74) is 0.802. The molecule has 0 spiro atoms. The Morgan fingerprint density at radius 1 is 1.53 bits per heavy atom. The monoisotopic (exact) mass is 229 g/mol. The molecule has 1 aliphatic heterocycles. The van der Waals surface area contributed by atoms with Crippen molar-refractivity contribution in [1.82, 2.24) is 4.90 Å². The first-order valence-electron chi connectivity index (χ1n) is 4.54. The van der Waals surface area contributed by atoms with Crippen molar-refractivity contribution in [2.24, 2.45) is 10.1 Å². The fourth-order valence-corrected chi connectivity index (χ4v) is 1.96. The molecular weight excluding hydrogens is 214 g/mol. The van der Waals surface area contributed by atoms with E-state index >= 15 is 0 Å². The van der Waals surface area contributed by atoms with Crippen LogP contribution in [0, 0.1) is 0 Å². The number of hydrogen-bond acceptors (Lipinski definition) is 5. The van der Waals surface area contributed by atoms with Crippen molar-refractivity contribution >= 4 is 28.6 Å². The lowest BCUT2D eigenvalue weighted by Crippen LogP contribution is -2.21. The zero-order chi connectivity index (χ0) is 11.6. The normalized spacial score (nSPS) is 21.4. The maximum atomic E-state index is 11.1. The zero-order valence-corrected chi connectivity index (χ0v) is 10.4. The molecule has 0 aromatic heterocycles. The lowest BCUT2D eigenvalue weighted by molar-refractivity contribution is 0.123. The number of nitrogens with zero attached hydrogens (tertiary/aromatic N) is 3. The maximum absolute atomic E-state index is 11.1. The van der Waals surface area contributed by atoms with Gasteiger partial charge in [0.1, 0.15) is 4.87 Å². The second-order valence-corrected chi connectivity index (χ2v) is 5.48. The van der Waals surface area contributed by atoms with Crippen LogP contribution < -0.4 is 0 Å². The molecular formula is C9H15N3O2S. The second kappa shape index (κ2) is 4.22.